The van der Waals surface area contributed by atoms with Gasteiger partial charge in [0.15, 0.2) is 0 Å². The minimum atomic E-state index is -0.656. The predicted molar refractivity (Wildman–Crippen MR) is 133 cm³/mol. The van der Waals surface area contributed by atoms with Gasteiger partial charge in [0.25, 0.3) is 11.7 Å². The number of benzene rings is 2. The molecule has 0 spiro atoms. The quantitative estimate of drug-likeness (QED) is 0.197. The van der Waals surface area contributed by atoms with Crippen molar-refractivity contribution in [2.45, 2.75) is 59.4 Å². The van der Waals surface area contributed by atoms with E-state index < -0.39 is 17.7 Å². The molecule has 182 valence electrons. The maximum atomic E-state index is 13.2. The summed E-state index contributed by atoms with van der Waals surface area (Å²) >= 11 is 0. The van der Waals surface area contributed by atoms with Gasteiger partial charge in [0.1, 0.15) is 17.3 Å². The molecule has 0 radical (unpaired) electrons. The van der Waals surface area contributed by atoms with Gasteiger partial charge in [0, 0.05) is 12.1 Å². The van der Waals surface area contributed by atoms with Crippen LogP contribution in [-0.4, -0.2) is 41.5 Å². The predicted octanol–water partition coefficient (Wildman–Crippen LogP) is 5.79. The molecule has 1 atom stereocenters. The highest BCUT2D eigenvalue weighted by atomic mass is 16.5. The topological polar surface area (TPSA) is 76.1 Å². The highest BCUT2D eigenvalue weighted by molar-refractivity contribution is 6.46. The second kappa shape index (κ2) is 11.7. The summed E-state index contributed by atoms with van der Waals surface area (Å²) in [5.41, 5.74) is 2.23. The molecule has 1 aliphatic rings. The minimum absolute atomic E-state index is 0.118. The average molecular weight is 466 g/mol. The molecule has 0 bridgehead atoms. The fraction of sp³-hybridized carbons (Fsp3) is 0.429. The Kier molecular flexibility index (Phi) is 8.74. The molecule has 0 saturated carbocycles. The van der Waals surface area contributed by atoms with Crippen LogP contribution in [-0.2, 0) is 9.59 Å². The van der Waals surface area contributed by atoms with Gasteiger partial charge >= 0.3 is 0 Å². The number of nitrogens with zero attached hydrogens (tertiary/aromatic N) is 1. The third kappa shape index (κ3) is 5.44. The van der Waals surface area contributed by atoms with Crippen LogP contribution >= 0.6 is 0 Å². The van der Waals surface area contributed by atoms with Crippen molar-refractivity contribution in [3.63, 3.8) is 0 Å². The van der Waals surface area contributed by atoms with Gasteiger partial charge in [-0.05, 0) is 68.1 Å². The Morgan fingerprint density at radius 2 is 1.71 bits per heavy atom. The first-order chi connectivity index (χ1) is 16.4. The van der Waals surface area contributed by atoms with Crippen LogP contribution in [0.5, 0.6) is 11.5 Å². The lowest BCUT2D eigenvalue weighted by Crippen LogP contribution is -2.30. The number of carbonyl (C=O) groups is 2. The largest absolute Gasteiger partial charge is 0.507 e. The van der Waals surface area contributed by atoms with E-state index in [1.165, 1.54) is 0 Å². The van der Waals surface area contributed by atoms with Gasteiger partial charge in [0.05, 0.1) is 24.8 Å². The Balaban J connectivity index is 2.06. The molecule has 3 rings (SSSR count). The Morgan fingerprint density at radius 1 is 0.971 bits per heavy atom. The van der Waals surface area contributed by atoms with E-state index in [1.54, 1.807) is 23.1 Å². The number of ketones is 1. The standard InChI is InChI=1S/C28H35NO5/c1-5-8-9-16-29-25(20-10-13-22(14-11-20)33-7-3)24(27(31)28(29)32)26(30)21-12-15-23(19(4)18-21)34-17-6-2/h10-15,18,25,30H,5-9,16-17H2,1-4H3/b26-24-. The van der Waals surface area contributed by atoms with E-state index >= 15 is 0 Å². The number of likely N-dealkylation sites (tertiary alicyclic amines) is 1. The van der Waals surface area contributed by atoms with Crippen LogP contribution in [0, 0.1) is 6.92 Å². The Bertz CT molecular complexity index is 1040. The monoisotopic (exact) mass is 465 g/mol. The molecule has 1 aliphatic heterocycles. The number of aliphatic hydroxyl groups excluding tert-OH is 1. The molecular weight excluding hydrogens is 430 g/mol. The van der Waals surface area contributed by atoms with E-state index in [9.17, 15) is 14.7 Å². The molecule has 0 aliphatic carbocycles. The van der Waals surface area contributed by atoms with E-state index in [1.807, 2.05) is 45.0 Å². The van der Waals surface area contributed by atoms with E-state index in [2.05, 4.69) is 6.92 Å². The fourth-order valence-electron chi connectivity index (χ4n) is 4.23. The Morgan fingerprint density at radius 3 is 2.32 bits per heavy atom. The summed E-state index contributed by atoms with van der Waals surface area (Å²) in [5, 5.41) is 11.3. The van der Waals surface area contributed by atoms with Crippen LogP contribution in [0.4, 0.5) is 0 Å². The maximum Gasteiger partial charge on any atom is 0.295 e. The first kappa shape index (κ1) is 25.3. The van der Waals surface area contributed by atoms with Gasteiger partial charge in [-0.3, -0.25) is 9.59 Å². The van der Waals surface area contributed by atoms with Gasteiger partial charge in [-0.2, -0.15) is 0 Å². The highest BCUT2D eigenvalue weighted by Crippen LogP contribution is 2.40. The van der Waals surface area contributed by atoms with Crippen LogP contribution < -0.4 is 9.47 Å². The number of Topliss-reactive ketones (excluding diaryl/α,β-unsaturated/α-hetero) is 1. The number of unbranched alkanes of at least 4 members (excludes halogenated alkanes) is 2. The molecule has 1 amide bonds. The summed E-state index contributed by atoms with van der Waals surface area (Å²) in [4.78, 5) is 27.8. The van der Waals surface area contributed by atoms with Crippen LogP contribution in [0.2, 0.25) is 0 Å². The third-order valence-corrected chi connectivity index (χ3v) is 5.96. The van der Waals surface area contributed by atoms with Crippen molar-refractivity contribution in [3.05, 3.63) is 64.7 Å². The molecule has 1 unspecified atom stereocenters. The van der Waals surface area contributed by atoms with Crippen LogP contribution in [0.15, 0.2) is 48.0 Å². The normalized spacial score (nSPS) is 17.3. The number of carbonyl (C=O) groups excluding carboxylic acids is 2. The number of aliphatic hydroxyl groups is 1. The molecule has 0 aromatic heterocycles. The summed E-state index contributed by atoms with van der Waals surface area (Å²) in [7, 11) is 0. The molecule has 34 heavy (non-hydrogen) atoms. The first-order valence-corrected chi connectivity index (χ1v) is 12.2. The Labute approximate surface area is 202 Å². The van der Waals surface area contributed by atoms with Gasteiger partial charge < -0.3 is 19.5 Å². The van der Waals surface area contributed by atoms with Crippen molar-refractivity contribution in [1.29, 1.82) is 0 Å². The molecule has 6 heteroatoms. The number of ether oxygens (including phenoxy) is 2. The van der Waals surface area contributed by atoms with Gasteiger partial charge in [-0.1, -0.05) is 38.8 Å². The zero-order chi connectivity index (χ0) is 24.7. The summed E-state index contributed by atoms with van der Waals surface area (Å²) in [6, 6.07) is 12.0. The molecule has 1 heterocycles. The molecule has 6 nitrogen and oxygen atoms in total. The maximum absolute atomic E-state index is 13.2. The number of hydrogen-bond acceptors (Lipinski definition) is 5. The van der Waals surface area contributed by atoms with Crippen molar-refractivity contribution in [3.8, 4) is 11.5 Å². The van der Waals surface area contributed by atoms with Gasteiger partial charge in [-0.25, -0.2) is 0 Å². The van der Waals surface area contributed by atoms with Crippen LogP contribution in [0.3, 0.4) is 0 Å². The van der Waals surface area contributed by atoms with Crippen molar-refractivity contribution in [2.24, 2.45) is 0 Å². The highest BCUT2D eigenvalue weighted by Gasteiger charge is 2.45. The minimum Gasteiger partial charge on any atom is -0.507 e. The number of rotatable bonds is 11. The first-order valence-electron chi connectivity index (χ1n) is 12.2. The molecule has 1 saturated heterocycles. The fourth-order valence-corrected chi connectivity index (χ4v) is 4.23. The van der Waals surface area contributed by atoms with Crippen molar-refractivity contribution >= 4 is 17.4 Å². The lowest BCUT2D eigenvalue weighted by atomic mass is 9.94. The molecule has 1 N–H and O–H groups in total. The second-order valence-electron chi connectivity index (χ2n) is 8.53. The van der Waals surface area contributed by atoms with E-state index in [0.29, 0.717) is 31.1 Å². The van der Waals surface area contributed by atoms with Crippen molar-refractivity contribution in [1.82, 2.24) is 4.90 Å². The van der Waals surface area contributed by atoms with Crippen molar-refractivity contribution < 1.29 is 24.2 Å². The van der Waals surface area contributed by atoms with Crippen LogP contribution in [0.25, 0.3) is 5.76 Å². The summed E-state index contributed by atoms with van der Waals surface area (Å²) < 4.78 is 11.3. The zero-order valence-electron chi connectivity index (χ0n) is 20.6. The number of amides is 1. The third-order valence-electron chi connectivity index (χ3n) is 5.96. The molecule has 2 aromatic carbocycles. The smallest absolute Gasteiger partial charge is 0.295 e. The van der Waals surface area contributed by atoms with E-state index in [4.69, 9.17) is 9.47 Å². The summed E-state index contributed by atoms with van der Waals surface area (Å²) in [6.45, 7) is 9.55. The summed E-state index contributed by atoms with van der Waals surface area (Å²) in [5.74, 6) is 0.0577. The lowest BCUT2D eigenvalue weighted by molar-refractivity contribution is -0.139. The molecular formula is C28H35NO5. The van der Waals surface area contributed by atoms with E-state index in [-0.39, 0.29) is 11.3 Å². The SMILES string of the molecule is CCCCCN1C(=O)C(=O)/C(=C(\O)c2ccc(OCCC)c(C)c2)C1c1ccc(OCC)cc1. The van der Waals surface area contributed by atoms with Gasteiger partial charge in [0.2, 0.25) is 0 Å². The van der Waals surface area contributed by atoms with Gasteiger partial charge in [-0.15, -0.1) is 0 Å². The summed E-state index contributed by atoms with van der Waals surface area (Å²) in [6.07, 6.45) is 3.64. The second-order valence-corrected chi connectivity index (χ2v) is 8.53. The molecule has 1 fully saturated rings. The lowest BCUT2D eigenvalue weighted by Gasteiger charge is -2.25. The van der Waals surface area contributed by atoms with Crippen LogP contribution in [0.1, 0.15) is 69.2 Å². The van der Waals surface area contributed by atoms with E-state index in [0.717, 1.165) is 42.6 Å². The Hall–Kier alpha value is -3.28. The molecule has 2 aromatic rings. The zero-order valence-corrected chi connectivity index (χ0v) is 20.6. The number of hydrogen-bond donors (Lipinski definition) is 1. The average Bonchev–Trinajstić information content (AvgIpc) is 3.08. The van der Waals surface area contributed by atoms with Crippen molar-refractivity contribution in [2.75, 3.05) is 19.8 Å². The number of aryl methyl sites for hydroxylation is 1.